The molecule has 3 N–H and O–H groups in total. The predicted octanol–water partition coefficient (Wildman–Crippen LogP) is 1.78. The summed E-state index contributed by atoms with van der Waals surface area (Å²) in [5, 5.41) is 15.4. The zero-order valence-corrected chi connectivity index (χ0v) is 10.9. The fraction of sp³-hybridized carbons (Fsp3) is 0.333. The monoisotopic (exact) mass is 306 g/mol. The number of hydrogen-bond acceptors (Lipinski definition) is 3. The number of aliphatic carboxylic acids is 1. The van der Waals surface area contributed by atoms with Crippen LogP contribution in [0.5, 0.6) is 0 Å². The van der Waals surface area contributed by atoms with E-state index in [1.807, 2.05) is 11.4 Å². The number of nitrogens with one attached hydrogen (secondary N) is 2. The van der Waals surface area contributed by atoms with E-state index >= 15 is 0 Å². The average molecular weight is 307 g/mol. The van der Waals surface area contributed by atoms with Gasteiger partial charge >= 0.3 is 12.0 Å². The first-order valence-corrected chi connectivity index (χ1v) is 6.17. The minimum absolute atomic E-state index is 0.371. The van der Waals surface area contributed by atoms with Crippen LogP contribution in [-0.4, -0.2) is 23.1 Å². The molecule has 16 heavy (non-hydrogen) atoms. The topological polar surface area (TPSA) is 78.4 Å². The van der Waals surface area contributed by atoms with E-state index in [4.69, 9.17) is 5.11 Å². The Kier molecular flexibility index (Phi) is 4.75. The minimum atomic E-state index is -1.06. The number of thiophene rings is 1. The summed E-state index contributed by atoms with van der Waals surface area (Å²) in [7, 11) is 0. The molecule has 1 heterocycles. The molecule has 2 amide bonds. The summed E-state index contributed by atoms with van der Waals surface area (Å²) in [6.45, 7) is 1.78. The molecule has 88 valence electrons. The van der Waals surface area contributed by atoms with Gasteiger partial charge in [-0.3, -0.25) is 4.79 Å². The van der Waals surface area contributed by atoms with Crippen LogP contribution in [0.3, 0.4) is 0 Å². The zero-order valence-electron chi connectivity index (χ0n) is 8.49. The number of carboxylic acid groups (broad SMARTS) is 1. The summed E-state index contributed by atoms with van der Waals surface area (Å²) < 4.78 is 0.934. The Hall–Kier alpha value is -1.08. The summed E-state index contributed by atoms with van der Waals surface area (Å²) in [6.07, 6.45) is 0. The van der Waals surface area contributed by atoms with Crippen molar-refractivity contribution >= 4 is 39.3 Å². The van der Waals surface area contributed by atoms with Gasteiger partial charge in [0.2, 0.25) is 0 Å². The molecule has 0 aliphatic rings. The second-order valence-electron chi connectivity index (χ2n) is 3.08. The number of rotatable bonds is 4. The molecular weight excluding hydrogens is 296 g/mol. The summed E-state index contributed by atoms with van der Waals surface area (Å²) in [6, 6.07) is 0.501. The first-order valence-electron chi connectivity index (χ1n) is 4.49. The molecule has 1 aromatic rings. The van der Waals surface area contributed by atoms with E-state index in [1.54, 1.807) is 0 Å². The fourth-order valence-electron chi connectivity index (χ4n) is 0.921. The first kappa shape index (κ1) is 13.0. The maximum atomic E-state index is 11.3. The van der Waals surface area contributed by atoms with E-state index in [-0.39, 0.29) is 0 Å². The Labute approximate surface area is 105 Å². The second-order valence-corrected chi connectivity index (χ2v) is 4.93. The van der Waals surface area contributed by atoms with Crippen LogP contribution in [0.1, 0.15) is 11.8 Å². The third kappa shape index (κ3) is 3.82. The number of amides is 2. The Balaban J connectivity index is 2.36. The molecule has 1 aromatic heterocycles. The van der Waals surface area contributed by atoms with Gasteiger partial charge < -0.3 is 15.7 Å². The number of halogens is 1. The van der Waals surface area contributed by atoms with Gasteiger partial charge in [0.25, 0.3) is 0 Å². The highest BCUT2D eigenvalue weighted by Gasteiger charge is 2.13. The summed E-state index contributed by atoms with van der Waals surface area (Å²) in [5.41, 5.74) is 0. The van der Waals surface area contributed by atoms with Gasteiger partial charge in [-0.25, -0.2) is 4.79 Å². The summed E-state index contributed by atoms with van der Waals surface area (Å²) >= 11 is 4.85. The number of urea groups is 1. The molecule has 7 heteroatoms. The van der Waals surface area contributed by atoms with Gasteiger partial charge in [-0.05, 0) is 34.3 Å². The van der Waals surface area contributed by atoms with Crippen molar-refractivity contribution in [3.8, 4) is 0 Å². The van der Waals surface area contributed by atoms with Crippen LogP contribution in [0.2, 0.25) is 0 Å². The normalized spacial score (nSPS) is 11.9. The standard InChI is InChI=1S/C9H11BrN2O3S/c1-5(8(13)14)12-9(15)11-4-7-6(10)2-3-16-7/h2-3,5H,4H2,1H3,(H,13,14)(H2,11,12,15). The van der Waals surface area contributed by atoms with Crippen LogP contribution in [0.25, 0.3) is 0 Å². The van der Waals surface area contributed by atoms with Crippen molar-refractivity contribution in [3.05, 3.63) is 20.8 Å². The fourth-order valence-corrected chi connectivity index (χ4v) is 2.35. The summed E-state index contributed by atoms with van der Waals surface area (Å²) in [4.78, 5) is 22.7. The second kappa shape index (κ2) is 5.86. The molecule has 1 rings (SSSR count). The largest absolute Gasteiger partial charge is 0.480 e. The lowest BCUT2D eigenvalue weighted by atomic mass is 10.3. The van der Waals surface area contributed by atoms with E-state index in [1.165, 1.54) is 18.3 Å². The van der Waals surface area contributed by atoms with Crippen LogP contribution in [-0.2, 0) is 11.3 Å². The molecule has 0 saturated carbocycles. The Morgan fingerprint density at radius 1 is 1.62 bits per heavy atom. The zero-order chi connectivity index (χ0) is 12.1. The molecule has 0 radical (unpaired) electrons. The quantitative estimate of drug-likeness (QED) is 0.793. The van der Waals surface area contributed by atoms with Gasteiger partial charge in [-0.2, -0.15) is 0 Å². The van der Waals surface area contributed by atoms with E-state index < -0.39 is 18.0 Å². The third-order valence-electron chi connectivity index (χ3n) is 1.82. The Bertz CT molecular complexity index is 394. The molecule has 0 saturated heterocycles. The number of carboxylic acids is 1. The maximum absolute atomic E-state index is 11.3. The molecule has 0 bridgehead atoms. The predicted molar refractivity (Wildman–Crippen MR) is 64.5 cm³/mol. The highest BCUT2D eigenvalue weighted by atomic mass is 79.9. The highest BCUT2D eigenvalue weighted by Crippen LogP contribution is 2.21. The van der Waals surface area contributed by atoms with Crippen molar-refractivity contribution in [3.63, 3.8) is 0 Å². The van der Waals surface area contributed by atoms with E-state index in [9.17, 15) is 9.59 Å². The molecule has 0 aliphatic heterocycles. The van der Waals surface area contributed by atoms with Crippen LogP contribution in [0.4, 0.5) is 4.79 Å². The van der Waals surface area contributed by atoms with Gasteiger partial charge in [0, 0.05) is 9.35 Å². The molecule has 0 aliphatic carbocycles. The molecule has 5 nitrogen and oxygen atoms in total. The molecular formula is C9H11BrN2O3S. The van der Waals surface area contributed by atoms with Gasteiger partial charge in [-0.15, -0.1) is 11.3 Å². The van der Waals surface area contributed by atoms with Gasteiger partial charge in [0.15, 0.2) is 0 Å². The SMILES string of the molecule is CC(NC(=O)NCc1sccc1Br)C(=O)O. The van der Waals surface area contributed by atoms with Gasteiger partial charge in [0.1, 0.15) is 6.04 Å². The summed E-state index contributed by atoms with van der Waals surface area (Å²) in [5.74, 6) is -1.06. The molecule has 0 spiro atoms. The van der Waals surface area contributed by atoms with Gasteiger partial charge in [-0.1, -0.05) is 0 Å². The lowest BCUT2D eigenvalue weighted by Crippen LogP contribution is -2.44. The molecule has 1 unspecified atom stereocenters. The number of carbonyl (C=O) groups excluding carboxylic acids is 1. The molecule has 1 atom stereocenters. The van der Waals surface area contributed by atoms with E-state index in [0.29, 0.717) is 6.54 Å². The molecule has 0 fully saturated rings. The van der Waals surface area contributed by atoms with Crippen LogP contribution < -0.4 is 10.6 Å². The third-order valence-corrected chi connectivity index (χ3v) is 3.74. The van der Waals surface area contributed by atoms with Crippen molar-refractivity contribution in [1.29, 1.82) is 0 Å². The Morgan fingerprint density at radius 2 is 2.31 bits per heavy atom. The lowest BCUT2D eigenvalue weighted by molar-refractivity contribution is -0.138. The van der Waals surface area contributed by atoms with Crippen molar-refractivity contribution in [2.45, 2.75) is 19.5 Å². The smallest absolute Gasteiger partial charge is 0.325 e. The van der Waals surface area contributed by atoms with Crippen LogP contribution >= 0.6 is 27.3 Å². The maximum Gasteiger partial charge on any atom is 0.325 e. The average Bonchev–Trinajstić information content (AvgIpc) is 2.61. The Morgan fingerprint density at radius 3 is 2.81 bits per heavy atom. The first-order chi connectivity index (χ1) is 7.50. The van der Waals surface area contributed by atoms with Crippen LogP contribution in [0.15, 0.2) is 15.9 Å². The molecule has 0 aromatic carbocycles. The van der Waals surface area contributed by atoms with E-state index in [2.05, 4.69) is 26.6 Å². The number of hydrogen-bond donors (Lipinski definition) is 3. The lowest BCUT2D eigenvalue weighted by Gasteiger charge is -2.10. The van der Waals surface area contributed by atoms with Crippen molar-refractivity contribution in [2.24, 2.45) is 0 Å². The number of carbonyl (C=O) groups is 2. The van der Waals surface area contributed by atoms with Gasteiger partial charge in [0.05, 0.1) is 6.54 Å². The minimum Gasteiger partial charge on any atom is -0.480 e. The van der Waals surface area contributed by atoms with E-state index in [0.717, 1.165) is 9.35 Å². The van der Waals surface area contributed by atoms with Crippen molar-refractivity contribution < 1.29 is 14.7 Å². The van der Waals surface area contributed by atoms with Crippen LogP contribution in [0, 0.1) is 0 Å². The highest BCUT2D eigenvalue weighted by molar-refractivity contribution is 9.10. The van der Waals surface area contributed by atoms with Crippen molar-refractivity contribution in [2.75, 3.05) is 0 Å². The van der Waals surface area contributed by atoms with Crippen molar-refractivity contribution in [1.82, 2.24) is 10.6 Å².